The van der Waals surface area contributed by atoms with Crippen molar-refractivity contribution in [2.24, 2.45) is 0 Å². The third-order valence-electron chi connectivity index (χ3n) is 3.73. The Morgan fingerprint density at radius 1 is 1.08 bits per heavy atom. The molecular weight excluding hydrogens is 318 g/mol. The predicted molar refractivity (Wildman–Crippen MR) is 96.0 cm³/mol. The van der Waals surface area contributed by atoms with E-state index in [1.54, 1.807) is 12.1 Å². The second kappa shape index (κ2) is 7.44. The molecule has 3 aromatic rings. The van der Waals surface area contributed by atoms with Gasteiger partial charge in [-0.25, -0.2) is 0 Å². The number of para-hydroxylation sites is 1. The molecule has 25 heavy (non-hydrogen) atoms. The van der Waals surface area contributed by atoms with Gasteiger partial charge in [-0.3, -0.25) is 14.7 Å². The van der Waals surface area contributed by atoms with Crippen LogP contribution in [0.5, 0.6) is 0 Å². The first kappa shape index (κ1) is 16.4. The smallest absolute Gasteiger partial charge is 0.305 e. The van der Waals surface area contributed by atoms with E-state index in [0.717, 1.165) is 22.2 Å². The average Bonchev–Trinajstić information content (AvgIpc) is 3.03. The highest BCUT2D eigenvalue weighted by molar-refractivity contribution is 5.95. The molecule has 6 heteroatoms. The number of carboxylic acids is 1. The highest BCUT2D eigenvalue weighted by Crippen LogP contribution is 2.17. The zero-order chi connectivity index (χ0) is 17.6. The van der Waals surface area contributed by atoms with Crippen LogP contribution in [0, 0.1) is 0 Å². The van der Waals surface area contributed by atoms with Gasteiger partial charge in [-0.05, 0) is 29.8 Å². The number of benzene rings is 2. The highest BCUT2D eigenvalue weighted by Gasteiger charge is 2.06. The molecule has 1 amide bonds. The summed E-state index contributed by atoms with van der Waals surface area (Å²) in [4.78, 5) is 22.3. The summed E-state index contributed by atoms with van der Waals surface area (Å²) < 4.78 is 0. The summed E-state index contributed by atoms with van der Waals surface area (Å²) in [6.45, 7) is 0.113. The number of hydrogen-bond acceptors (Lipinski definition) is 3. The minimum atomic E-state index is -0.938. The van der Waals surface area contributed by atoms with Crippen LogP contribution < -0.4 is 5.32 Å². The van der Waals surface area contributed by atoms with E-state index < -0.39 is 5.97 Å². The first-order chi connectivity index (χ1) is 12.1. The number of rotatable bonds is 6. The number of carboxylic acid groups (broad SMARTS) is 1. The normalized spacial score (nSPS) is 11.0. The molecule has 0 radical (unpaired) electrons. The van der Waals surface area contributed by atoms with Crippen LogP contribution in [-0.4, -0.2) is 33.7 Å². The summed E-state index contributed by atoms with van der Waals surface area (Å²) in [5.41, 5.74) is 3.27. The Hall–Kier alpha value is -3.41. The van der Waals surface area contributed by atoms with Crippen molar-refractivity contribution < 1.29 is 14.7 Å². The van der Waals surface area contributed by atoms with Crippen molar-refractivity contribution in [3.8, 4) is 0 Å². The van der Waals surface area contributed by atoms with Gasteiger partial charge in [-0.15, -0.1) is 0 Å². The molecule has 2 aromatic carbocycles. The van der Waals surface area contributed by atoms with E-state index >= 15 is 0 Å². The second-order valence-corrected chi connectivity index (χ2v) is 5.51. The Bertz CT molecular complexity index is 926. The fourth-order valence-corrected chi connectivity index (χ4v) is 2.42. The maximum atomic E-state index is 11.9. The molecule has 6 nitrogen and oxygen atoms in total. The van der Waals surface area contributed by atoms with E-state index in [-0.39, 0.29) is 18.9 Å². The number of aromatic amines is 1. The average molecular weight is 335 g/mol. The molecule has 0 aliphatic carbocycles. The minimum absolute atomic E-state index is 0.0931. The molecule has 0 aliphatic rings. The molecule has 0 atom stereocenters. The lowest BCUT2D eigenvalue weighted by atomic mass is 10.1. The lowest BCUT2D eigenvalue weighted by Crippen LogP contribution is -2.25. The number of aliphatic carboxylic acids is 1. The van der Waals surface area contributed by atoms with E-state index in [2.05, 4.69) is 15.5 Å². The molecule has 0 aliphatic heterocycles. The van der Waals surface area contributed by atoms with Crippen LogP contribution >= 0.6 is 0 Å². The van der Waals surface area contributed by atoms with Crippen molar-refractivity contribution in [2.75, 3.05) is 6.54 Å². The van der Waals surface area contributed by atoms with Gasteiger partial charge in [0.25, 0.3) is 5.91 Å². The van der Waals surface area contributed by atoms with Crippen LogP contribution in [0.4, 0.5) is 0 Å². The molecule has 126 valence electrons. The standard InChI is InChI=1S/C19H17N3O3/c23-18(24)11-12-20-19(25)14-8-5-13(6-9-14)7-10-17-15-3-1-2-4-16(15)21-22-17/h1-10H,11-12H2,(H,20,25)(H,21,22)(H,23,24). The second-order valence-electron chi connectivity index (χ2n) is 5.51. The summed E-state index contributed by atoms with van der Waals surface area (Å²) in [5.74, 6) is -1.22. The maximum Gasteiger partial charge on any atom is 0.305 e. The molecule has 3 N–H and O–H groups in total. The first-order valence-electron chi connectivity index (χ1n) is 7.85. The molecule has 3 rings (SSSR count). The number of hydrogen-bond donors (Lipinski definition) is 3. The largest absolute Gasteiger partial charge is 0.481 e. The number of amides is 1. The van der Waals surface area contributed by atoms with E-state index in [9.17, 15) is 9.59 Å². The van der Waals surface area contributed by atoms with E-state index in [1.165, 1.54) is 0 Å². The van der Waals surface area contributed by atoms with Crippen LogP contribution in [0.1, 0.15) is 28.0 Å². The van der Waals surface area contributed by atoms with Gasteiger partial charge in [0.05, 0.1) is 17.6 Å². The third-order valence-corrected chi connectivity index (χ3v) is 3.73. The predicted octanol–water partition coefficient (Wildman–Crippen LogP) is 2.94. The molecule has 1 heterocycles. The van der Waals surface area contributed by atoms with Crippen molar-refractivity contribution in [1.82, 2.24) is 15.5 Å². The van der Waals surface area contributed by atoms with Crippen molar-refractivity contribution >= 4 is 34.9 Å². The number of nitrogens with zero attached hydrogens (tertiary/aromatic N) is 1. The fraction of sp³-hybridized carbons (Fsp3) is 0.105. The zero-order valence-corrected chi connectivity index (χ0v) is 13.4. The fourth-order valence-electron chi connectivity index (χ4n) is 2.42. The lowest BCUT2D eigenvalue weighted by Gasteiger charge is -2.03. The van der Waals surface area contributed by atoms with Gasteiger partial charge in [-0.1, -0.05) is 36.4 Å². The number of aromatic nitrogens is 2. The van der Waals surface area contributed by atoms with Crippen molar-refractivity contribution in [2.45, 2.75) is 6.42 Å². The molecule has 0 bridgehead atoms. The van der Waals surface area contributed by atoms with Crippen LogP contribution in [0.25, 0.3) is 23.1 Å². The summed E-state index contributed by atoms with van der Waals surface area (Å²) in [7, 11) is 0. The molecule has 0 fully saturated rings. The Kier molecular flexibility index (Phi) is 4.89. The topological polar surface area (TPSA) is 95.1 Å². The quantitative estimate of drug-likeness (QED) is 0.645. The van der Waals surface area contributed by atoms with Crippen LogP contribution in [0.15, 0.2) is 48.5 Å². The monoisotopic (exact) mass is 335 g/mol. The Labute approximate surface area is 144 Å². The maximum absolute atomic E-state index is 11.9. The van der Waals surface area contributed by atoms with Gasteiger partial charge in [-0.2, -0.15) is 5.10 Å². The minimum Gasteiger partial charge on any atom is -0.481 e. The van der Waals surface area contributed by atoms with Crippen molar-refractivity contribution in [1.29, 1.82) is 0 Å². The third kappa shape index (κ3) is 4.11. The summed E-state index contributed by atoms with van der Waals surface area (Å²) in [5, 5.41) is 19.5. The number of carbonyl (C=O) groups excluding carboxylic acids is 1. The van der Waals surface area contributed by atoms with Crippen molar-refractivity contribution in [3.05, 3.63) is 65.4 Å². The van der Waals surface area contributed by atoms with E-state index in [1.807, 2.05) is 48.6 Å². The lowest BCUT2D eigenvalue weighted by molar-refractivity contribution is -0.136. The van der Waals surface area contributed by atoms with E-state index in [4.69, 9.17) is 5.11 Å². The highest BCUT2D eigenvalue weighted by atomic mass is 16.4. The molecule has 0 saturated heterocycles. The summed E-state index contributed by atoms with van der Waals surface area (Å²) >= 11 is 0. The van der Waals surface area contributed by atoms with Crippen LogP contribution in [0.2, 0.25) is 0 Å². The molecule has 0 unspecified atom stereocenters. The summed E-state index contributed by atoms with van der Waals surface area (Å²) in [6.07, 6.45) is 3.75. The Morgan fingerprint density at radius 3 is 2.60 bits per heavy atom. The van der Waals surface area contributed by atoms with Gasteiger partial charge in [0.1, 0.15) is 0 Å². The first-order valence-corrected chi connectivity index (χ1v) is 7.85. The van der Waals surface area contributed by atoms with Gasteiger partial charge in [0.2, 0.25) is 0 Å². The number of nitrogens with one attached hydrogen (secondary N) is 2. The zero-order valence-electron chi connectivity index (χ0n) is 13.4. The molecule has 0 saturated carbocycles. The van der Waals surface area contributed by atoms with Crippen LogP contribution in [-0.2, 0) is 4.79 Å². The number of fused-ring (bicyclic) bond motifs is 1. The molecular formula is C19H17N3O3. The van der Waals surface area contributed by atoms with Gasteiger partial charge < -0.3 is 10.4 Å². The Balaban J connectivity index is 1.66. The van der Waals surface area contributed by atoms with E-state index in [0.29, 0.717) is 5.56 Å². The SMILES string of the molecule is O=C(O)CCNC(=O)c1ccc(C=Cc2n[nH]c3ccccc23)cc1. The number of carbonyl (C=O) groups is 2. The van der Waals surface area contributed by atoms with Gasteiger partial charge in [0.15, 0.2) is 0 Å². The van der Waals surface area contributed by atoms with Crippen LogP contribution in [0.3, 0.4) is 0 Å². The van der Waals surface area contributed by atoms with Gasteiger partial charge >= 0.3 is 5.97 Å². The van der Waals surface area contributed by atoms with Gasteiger partial charge in [0, 0.05) is 17.5 Å². The Morgan fingerprint density at radius 2 is 1.84 bits per heavy atom. The summed E-state index contributed by atoms with van der Waals surface area (Å²) in [6, 6.07) is 15.0. The molecule has 0 spiro atoms. The number of H-pyrrole nitrogens is 1. The molecule has 1 aromatic heterocycles. The van der Waals surface area contributed by atoms with Crippen molar-refractivity contribution in [3.63, 3.8) is 0 Å².